The fourth-order valence-corrected chi connectivity index (χ4v) is 7.16. The van der Waals surface area contributed by atoms with Gasteiger partial charge in [-0.15, -0.1) is 0 Å². The highest BCUT2D eigenvalue weighted by Crippen LogP contribution is 2.30. The predicted molar refractivity (Wildman–Crippen MR) is 161 cm³/mol. The molecule has 0 spiro atoms. The van der Waals surface area contributed by atoms with Crippen molar-refractivity contribution in [1.29, 1.82) is 0 Å². The molecular weight excluding hydrogens is 571 g/mol. The second kappa shape index (κ2) is 13.6. The van der Waals surface area contributed by atoms with Gasteiger partial charge in [0.25, 0.3) is 0 Å². The fourth-order valence-electron chi connectivity index (χ4n) is 5.32. The first-order chi connectivity index (χ1) is 19.4. The molecule has 2 aromatic carbocycles. The van der Waals surface area contributed by atoms with Crippen LogP contribution in [-0.4, -0.2) is 75.8 Å². The van der Waals surface area contributed by atoms with E-state index in [1.165, 1.54) is 18.2 Å². The van der Waals surface area contributed by atoms with Crippen molar-refractivity contribution in [1.82, 2.24) is 19.6 Å². The Morgan fingerprint density at radius 3 is 2.30 bits per heavy atom. The van der Waals surface area contributed by atoms with Gasteiger partial charge in [0.2, 0.25) is 16.0 Å². The minimum Gasteiger partial charge on any atom is -0.379 e. The average molecular weight is 608 g/mol. The molecular formula is C28H36Cl2N6O3S. The third-order valence-electron chi connectivity index (χ3n) is 7.65. The van der Waals surface area contributed by atoms with Crippen LogP contribution in [0.25, 0.3) is 10.9 Å². The zero-order valence-electron chi connectivity index (χ0n) is 22.4. The molecule has 0 amide bonds. The van der Waals surface area contributed by atoms with Crippen LogP contribution in [0.5, 0.6) is 0 Å². The van der Waals surface area contributed by atoms with Crippen LogP contribution in [0, 0.1) is 11.8 Å². The SMILES string of the molecule is O=S(=O)(NC[C@H]1CC[C@H](CNc2nc(NCCN3CCOCC3)c3ccccc3n2)CC1)c1cc(Cl)cc(Cl)c1. The van der Waals surface area contributed by atoms with Crippen molar-refractivity contribution in [3.05, 3.63) is 52.5 Å². The molecule has 0 unspecified atom stereocenters. The Morgan fingerprint density at radius 1 is 0.900 bits per heavy atom. The number of nitrogens with one attached hydrogen (secondary N) is 3. The Bertz CT molecular complexity index is 1380. The van der Waals surface area contributed by atoms with E-state index in [-0.39, 0.29) is 4.90 Å². The third-order valence-corrected chi connectivity index (χ3v) is 9.49. The molecule has 1 aliphatic carbocycles. The Balaban J connectivity index is 1.11. The highest BCUT2D eigenvalue weighted by molar-refractivity contribution is 7.89. The average Bonchev–Trinajstić information content (AvgIpc) is 2.95. The van der Waals surface area contributed by atoms with Gasteiger partial charge in [-0.2, -0.15) is 4.98 Å². The van der Waals surface area contributed by atoms with Crippen molar-refractivity contribution in [2.24, 2.45) is 11.8 Å². The smallest absolute Gasteiger partial charge is 0.240 e. The Labute approximate surface area is 246 Å². The van der Waals surface area contributed by atoms with Crippen LogP contribution in [-0.2, 0) is 14.8 Å². The molecule has 5 rings (SSSR count). The summed E-state index contributed by atoms with van der Waals surface area (Å²) in [5.41, 5.74) is 0.908. The van der Waals surface area contributed by atoms with E-state index in [0.29, 0.717) is 34.4 Å². The fraction of sp³-hybridized carbons (Fsp3) is 0.500. The summed E-state index contributed by atoms with van der Waals surface area (Å²) >= 11 is 12.0. The number of hydrogen-bond donors (Lipinski definition) is 3. The first-order valence-corrected chi connectivity index (χ1v) is 16.1. The van der Waals surface area contributed by atoms with E-state index < -0.39 is 10.0 Å². The molecule has 12 heteroatoms. The van der Waals surface area contributed by atoms with Gasteiger partial charge in [0.15, 0.2) is 0 Å². The van der Waals surface area contributed by atoms with Crippen LogP contribution in [0.15, 0.2) is 47.4 Å². The van der Waals surface area contributed by atoms with Crippen LogP contribution in [0.4, 0.5) is 11.8 Å². The molecule has 40 heavy (non-hydrogen) atoms. The predicted octanol–water partition coefficient (Wildman–Crippen LogP) is 4.88. The molecule has 1 aliphatic heterocycles. The van der Waals surface area contributed by atoms with Crippen molar-refractivity contribution in [3.63, 3.8) is 0 Å². The van der Waals surface area contributed by atoms with Gasteiger partial charge < -0.3 is 15.4 Å². The Kier molecular flexibility index (Phi) is 9.98. The van der Waals surface area contributed by atoms with E-state index in [0.717, 1.165) is 88.3 Å². The number of halogens is 2. The van der Waals surface area contributed by atoms with E-state index in [9.17, 15) is 8.42 Å². The zero-order chi connectivity index (χ0) is 28.0. The van der Waals surface area contributed by atoms with Crippen molar-refractivity contribution >= 4 is 55.9 Å². The number of rotatable bonds is 11. The lowest BCUT2D eigenvalue weighted by Gasteiger charge is -2.28. The summed E-state index contributed by atoms with van der Waals surface area (Å²) in [6, 6.07) is 12.4. The lowest BCUT2D eigenvalue weighted by atomic mass is 9.82. The van der Waals surface area contributed by atoms with E-state index >= 15 is 0 Å². The number of benzene rings is 2. The van der Waals surface area contributed by atoms with Crippen molar-refractivity contribution in [2.75, 3.05) is 63.1 Å². The van der Waals surface area contributed by atoms with Crippen molar-refractivity contribution in [2.45, 2.75) is 30.6 Å². The van der Waals surface area contributed by atoms with Crippen molar-refractivity contribution < 1.29 is 13.2 Å². The maximum atomic E-state index is 12.7. The van der Waals surface area contributed by atoms with E-state index in [1.54, 1.807) is 0 Å². The number of hydrogen-bond acceptors (Lipinski definition) is 8. The normalized spacial score (nSPS) is 20.4. The molecule has 3 N–H and O–H groups in total. The van der Waals surface area contributed by atoms with Crippen molar-refractivity contribution in [3.8, 4) is 0 Å². The summed E-state index contributed by atoms with van der Waals surface area (Å²) in [4.78, 5) is 12.0. The standard InChI is InChI=1S/C28H36Cl2N6O3S/c29-22-15-23(30)17-24(16-22)40(37,38)33-19-21-7-5-20(6-8-21)18-32-28-34-26-4-2-1-3-25(26)27(35-28)31-9-10-36-11-13-39-14-12-36/h1-4,15-17,20-21,33H,5-14,18-19H2,(H2,31,32,34,35)/t20-,21-. The van der Waals surface area contributed by atoms with Gasteiger partial charge >= 0.3 is 0 Å². The van der Waals surface area contributed by atoms with Gasteiger partial charge in [0.05, 0.1) is 23.6 Å². The van der Waals surface area contributed by atoms with Crippen LogP contribution in [0.2, 0.25) is 10.0 Å². The molecule has 0 bridgehead atoms. The largest absolute Gasteiger partial charge is 0.379 e. The zero-order valence-corrected chi connectivity index (χ0v) is 24.7. The Hall–Kier alpha value is -2.21. The number of nitrogens with zero attached hydrogens (tertiary/aromatic N) is 3. The molecule has 0 atom stereocenters. The summed E-state index contributed by atoms with van der Waals surface area (Å²) in [5, 5.41) is 8.59. The molecule has 216 valence electrons. The topological polar surface area (TPSA) is 108 Å². The van der Waals surface area contributed by atoms with Crippen LogP contribution >= 0.6 is 23.2 Å². The molecule has 9 nitrogen and oxygen atoms in total. The highest BCUT2D eigenvalue weighted by Gasteiger charge is 2.24. The maximum Gasteiger partial charge on any atom is 0.240 e. The van der Waals surface area contributed by atoms with E-state index in [2.05, 4.69) is 20.3 Å². The number of fused-ring (bicyclic) bond motifs is 1. The molecule has 1 saturated heterocycles. The highest BCUT2D eigenvalue weighted by atomic mass is 35.5. The van der Waals surface area contributed by atoms with Gasteiger partial charge in [-0.25, -0.2) is 18.1 Å². The molecule has 2 fully saturated rings. The lowest BCUT2D eigenvalue weighted by molar-refractivity contribution is 0.0398. The summed E-state index contributed by atoms with van der Waals surface area (Å²) < 4.78 is 33.6. The van der Waals surface area contributed by atoms with Gasteiger partial charge in [-0.1, -0.05) is 35.3 Å². The van der Waals surface area contributed by atoms with Gasteiger partial charge in [-0.05, 0) is 67.9 Å². The van der Waals surface area contributed by atoms with Crippen LogP contribution < -0.4 is 15.4 Å². The molecule has 3 aromatic rings. The maximum absolute atomic E-state index is 12.7. The summed E-state index contributed by atoms with van der Waals surface area (Å²) in [6.07, 6.45) is 3.94. The quantitative estimate of drug-likeness (QED) is 0.283. The molecule has 2 heterocycles. The number of morpholine rings is 1. The minimum absolute atomic E-state index is 0.0909. The summed E-state index contributed by atoms with van der Waals surface area (Å²) in [6.45, 7) is 6.44. The second-order valence-electron chi connectivity index (χ2n) is 10.5. The number of ether oxygens (including phenoxy) is 1. The van der Waals surface area contributed by atoms with Crippen LogP contribution in [0.1, 0.15) is 25.7 Å². The van der Waals surface area contributed by atoms with Gasteiger partial charge in [0, 0.05) is 54.7 Å². The number of para-hydroxylation sites is 1. The number of aromatic nitrogens is 2. The second-order valence-corrected chi connectivity index (χ2v) is 13.2. The monoisotopic (exact) mass is 606 g/mol. The molecule has 1 saturated carbocycles. The first kappa shape index (κ1) is 29.3. The molecule has 1 aromatic heterocycles. The van der Waals surface area contributed by atoms with E-state index in [4.69, 9.17) is 37.9 Å². The minimum atomic E-state index is -3.66. The molecule has 2 aliphatic rings. The van der Waals surface area contributed by atoms with E-state index in [1.807, 2.05) is 24.3 Å². The Morgan fingerprint density at radius 2 is 1.57 bits per heavy atom. The number of anilines is 2. The first-order valence-electron chi connectivity index (χ1n) is 13.9. The number of sulfonamides is 1. The van der Waals surface area contributed by atoms with Gasteiger partial charge in [0.1, 0.15) is 5.82 Å². The van der Waals surface area contributed by atoms with Crippen LogP contribution in [0.3, 0.4) is 0 Å². The lowest BCUT2D eigenvalue weighted by Crippen LogP contribution is -2.39. The summed E-state index contributed by atoms with van der Waals surface area (Å²) in [7, 11) is -3.66. The third kappa shape index (κ3) is 7.96. The van der Waals surface area contributed by atoms with Gasteiger partial charge in [-0.3, -0.25) is 4.90 Å². The summed E-state index contributed by atoms with van der Waals surface area (Å²) in [5.74, 6) is 2.24. The molecule has 0 radical (unpaired) electrons.